The van der Waals surface area contributed by atoms with Crippen molar-refractivity contribution in [2.24, 2.45) is 0 Å². The Bertz CT molecular complexity index is 754. The van der Waals surface area contributed by atoms with Crippen LogP contribution in [0.4, 0.5) is 5.95 Å². The molecule has 0 bridgehead atoms. The van der Waals surface area contributed by atoms with E-state index in [1.807, 2.05) is 0 Å². The fourth-order valence-electron chi connectivity index (χ4n) is 1.73. The molecule has 0 aliphatic carbocycles. The Kier molecular flexibility index (Phi) is 4.14. The van der Waals surface area contributed by atoms with Crippen molar-refractivity contribution in [3.05, 3.63) is 29.3 Å². The van der Waals surface area contributed by atoms with Gasteiger partial charge >= 0.3 is 0 Å². The van der Waals surface area contributed by atoms with Crippen molar-refractivity contribution in [2.75, 3.05) is 11.8 Å². The quantitative estimate of drug-likeness (QED) is 0.845. The largest absolute Gasteiger partial charge is 0.481 e. The van der Waals surface area contributed by atoms with Gasteiger partial charge in [0.15, 0.2) is 0 Å². The lowest BCUT2D eigenvalue weighted by Crippen LogP contribution is -2.16. The van der Waals surface area contributed by atoms with E-state index < -0.39 is 10.0 Å². The van der Waals surface area contributed by atoms with Gasteiger partial charge in [0, 0.05) is 17.8 Å². The first-order chi connectivity index (χ1) is 9.85. The minimum Gasteiger partial charge on any atom is -0.481 e. The third kappa shape index (κ3) is 3.31. The standard InChI is InChI=1S/C12H15N3O5S/c1-7-4-11(19-3)14-12(13-7)15-21(17,18)10-5-9(6-16)20-8(10)2/h4-5,16H,6H2,1-3H3,(H,13,14,15). The van der Waals surface area contributed by atoms with Gasteiger partial charge in [0.25, 0.3) is 10.0 Å². The van der Waals surface area contributed by atoms with E-state index in [4.69, 9.17) is 14.3 Å². The maximum atomic E-state index is 12.3. The number of anilines is 1. The SMILES string of the molecule is COc1cc(C)nc(NS(=O)(=O)c2cc(CO)oc2C)n1. The van der Waals surface area contributed by atoms with Crippen molar-refractivity contribution >= 4 is 16.0 Å². The van der Waals surface area contributed by atoms with Gasteiger partial charge < -0.3 is 14.3 Å². The molecule has 2 N–H and O–H groups in total. The number of hydrogen-bond acceptors (Lipinski definition) is 7. The summed E-state index contributed by atoms with van der Waals surface area (Å²) < 4.78 is 36.9. The molecule has 0 spiro atoms. The van der Waals surface area contributed by atoms with Crippen LogP contribution >= 0.6 is 0 Å². The lowest BCUT2D eigenvalue weighted by molar-refractivity contribution is 0.245. The van der Waals surface area contributed by atoms with Gasteiger partial charge in [-0.1, -0.05) is 0 Å². The molecule has 9 heteroatoms. The van der Waals surface area contributed by atoms with Crippen molar-refractivity contribution < 1.29 is 22.7 Å². The number of hydrogen-bond donors (Lipinski definition) is 2. The van der Waals surface area contributed by atoms with Crippen molar-refractivity contribution in [1.29, 1.82) is 0 Å². The highest BCUT2D eigenvalue weighted by Gasteiger charge is 2.22. The van der Waals surface area contributed by atoms with Gasteiger partial charge in [0.05, 0.1) is 7.11 Å². The molecule has 21 heavy (non-hydrogen) atoms. The molecule has 0 saturated carbocycles. The molecule has 0 radical (unpaired) electrons. The molecular weight excluding hydrogens is 298 g/mol. The molecule has 2 aromatic heterocycles. The van der Waals surface area contributed by atoms with Crippen LogP contribution in [-0.4, -0.2) is 30.6 Å². The maximum Gasteiger partial charge on any atom is 0.267 e. The zero-order valence-electron chi connectivity index (χ0n) is 11.7. The number of aromatic nitrogens is 2. The Morgan fingerprint density at radius 2 is 2.05 bits per heavy atom. The van der Waals surface area contributed by atoms with E-state index in [2.05, 4.69) is 14.7 Å². The smallest absolute Gasteiger partial charge is 0.267 e. The van der Waals surface area contributed by atoms with Crippen LogP contribution < -0.4 is 9.46 Å². The minimum atomic E-state index is -3.91. The number of aliphatic hydroxyl groups is 1. The van der Waals surface area contributed by atoms with Crippen LogP contribution in [0.5, 0.6) is 5.88 Å². The fraction of sp³-hybridized carbons (Fsp3) is 0.333. The summed E-state index contributed by atoms with van der Waals surface area (Å²) in [6.45, 7) is 2.80. The summed E-state index contributed by atoms with van der Waals surface area (Å²) in [5.74, 6) is 0.486. The maximum absolute atomic E-state index is 12.3. The number of furan rings is 1. The molecule has 0 aromatic carbocycles. The highest BCUT2D eigenvalue weighted by Crippen LogP contribution is 2.22. The van der Waals surface area contributed by atoms with E-state index in [1.165, 1.54) is 20.1 Å². The van der Waals surface area contributed by atoms with Crippen LogP contribution in [0.15, 0.2) is 21.4 Å². The second-order valence-electron chi connectivity index (χ2n) is 4.27. The number of nitrogens with one attached hydrogen (secondary N) is 1. The molecule has 0 aliphatic heterocycles. The van der Waals surface area contributed by atoms with E-state index in [9.17, 15) is 8.42 Å². The van der Waals surface area contributed by atoms with Crippen molar-refractivity contribution in [3.8, 4) is 5.88 Å². The molecule has 0 unspecified atom stereocenters. The van der Waals surface area contributed by atoms with E-state index >= 15 is 0 Å². The predicted octanol–water partition coefficient (Wildman–Crippen LogP) is 0.988. The molecule has 0 amide bonds. The lowest BCUT2D eigenvalue weighted by Gasteiger charge is -2.07. The summed E-state index contributed by atoms with van der Waals surface area (Å²) in [5.41, 5.74) is 0.555. The predicted molar refractivity (Wildman–Crippen MR) is 73.5 cm³/mol. The Morgan fingerprint density at radius 3 is 2.62 bits per heavy atom. The van der Waals surface area contributed by atoms with Crippen LogP contribution in [0.3, 0.4) is 0 Å². The first-order valence-corrected chi connectivity index (χ1v) is 7.46. The number of aliphatic hydroxyl groups excluding tert-OH is 1. The summed E-state index contributed by atoms with van der Waals surface area (Å²) in [6, 6.07) is 2.83. The summed E-state index contributed by atoms with van der Waals surface area (Å²) in [6.07, 6.45) is 0. The zero-order chi connectivity index (χ0) is 15.6. The highest BCUT2D eigenvalue weighted by atomic mass is 32.2. The van der Waals surface area contributed by atoms with Crippen LogP contribution in [0.2, 0.25) is 0 Å². The van der Waals surface area contributed by atoms with Gasteiger partial charge in [-0.25, -0.2) is 18.1 Å². The van der Waals surface area contributed by atoms with Gasteiger partial charge in [-0.3, -0.25) is 0 Å². The molecule has 0 atom stereocenters. The monoisotopic (exact) mass is 313 g/mol. The molecule has 114 valence electrons. The topological polar surface area (TPSA) is 115 Å². The Labute approximate surface area is 121 Å². The number of methoxy groups -OCH3 is 1. The number of ether oxygens (including phenoxy) is 1. The summed E-state index contributed by atoms with van der Waals surface area (Å²) >= 11 is 0. The minimum absolute atomic E-state index is 0.0735. The van der Waals surface area contributed by atoms with Gasteiger partial charge in [-0.15, -0.1) is 0 Å². The molecule has 8 nitrogen and oxygen atoms in total. The third-order valence-corrected chi connectivity index (χ3v) is 4.07. The Morgan fingerprint density at radius 1 is 1.33 bits per heavy atom. The van der Waals surface area contributed by atoms with Crippen LogP contribution in [-0.2, 0) is 16.6 Å². The number of nitrogens with zero attached hydrogens (tertiary/aromatic N) is 2. The lowest BCUT2D eigenvalue weighted by atomic mass is 10.4. The summed E-state index contributed by atoms with van der Waals surface area (Å²) in [4.78, 5) is 7.83. The molecule has 0 saturated heterocycles. The normalized spacial score (nSPS) is 11.4. The average Bonchev–Trinajstić information content (AvgIpc) is 2.79. The van der Waals surface area contributed by atoms with Gasteiger partial charge in [0.2, 0.25) is 11.8 Å². The van der Waals surface area contributed by atoms with E-state index in [1.54, 1.807) is 13.0 Å². The van der Waals surface area contributed by atoms with Crippen molar-refractivity contribution in [2.45, 2.75) is 25.3 Å². The van der Waals surface area contributed by atoms with E-state index in [0.29, 0.717) is 5.69 Å². The summed E-state index contributed by atoms with van der Waals surface area (Å²) in [7, 11) is -2.49. The number of sulfonamides is 1. The first-order valence-electron chi connectivity index (χ1n) is 5.98. The molecule has 2 aromatic rings. The van der Waals surface area contributed by atoms with Gasteiger partial charge in [-0.05, 0) is 13.8 Å². The summed E-state index contributed by atoms with van der Waals surface area (Å²) in [5, 5.41) is 8.99. The number of aryl methyl sites for hydroxylation is 2. The van der Waals surface area contributed by atoms with Crippen LogP contribution in [0.25, 0.3) is 0 Å². The van der Waals surface area contributed by atoms with E-state index in [-0.39, 0.29) is 34.9 Å². The van der Waals surface area contributed by atoms with Gasteiger partial charge in [0.1, 0.15) is 23.0 Å². The van der Waals surface area contributed by atoms with Crippen molar-refractivity contribution in [1.82, 2.24) is 9.97 Å². The molecule has 2 heterocycles. The zero-order valence-corrected chi connectivity index (χ0v) is 12.6. The third-order valence-electron chi connectivity index (χ3n) is 2.63. The van der Waals surface area contributed by atoms with Gasteiger partial charge in [-0.2, -0.15) is 4.98 Å². The average molecular weight is 313 g/mol. The first kappa shape index (κ1) is 15.3. The Balaban J connectivity index is 2.37. The molecule has 2 rings (SSSR count). The molecule has 0 aliphatic rings. The van der Waals surface area contributed by atoms with E-state index in [0.717, 1.165) is 0 Å². The van der Waals surface area contributed by atoms with Crippen LogP contribution in [0, 0.1) is 13.8 Å². The van der Waals surface area contributed by atoms with Crippen LogP contribution in [0.1, 0.15) is 17.2 Å². The Hall–Kier alpha value is -2.13. The molecular formula is C12H15N3O5S. The van der Waals surface area contributed by atoms with Crippen molar-refractivity contribution in [3.63, 3.8) is 0 Å². The fourth-order valence-corrected chi connectivity index (χ4v) is 2.88. The number of rotatable bonds is 5. The second-order valence-corrected chi connectivity index (χ2v) is 5.92. The highest BCUT2D eigenvalue weighted by molar-refractivity contribution is 7.92. The molecule has 0 fully saturated rings. The second kappa shape index (κ2) is 5.70.